The van der Waals surface area contributed by atoms with E-state index in [0.717, 1.165) is 31.6 Å². The molecule has 3 N–H and O–H groups in total. The van der Waals surface area contributed by atoms with Gasteiger partial charge in [-0.2, -0.15) is 0 Å². The first-order chi connectivity index (χ1) is 9.42. The molecule has 20 heavy (non-hydrogen) atoms. The molecule has 0 bridgehead atoms. The predicted octanol–water partition coefficient (Wildman–Crippen LogP) is 1.16. The first-order valence-electron chi connectivity index (χ1n) is 6.89. The minimum absolute atomic E-state index is 0.174. The van der Waals surface area contributed by atoms with Gasteiger partial charge in [-0.1, -0.05) is 19.1 Å². The maximum absolute atomic E-state index is 12.1. The Balaban J connectivity index is 2.28. The molecule has 5 nitrogen and oxygen atoms in total. The highest BCUT2D eigenvalue weighted by atomic mass is 32.2. The van der Waals surface area contributed by atoms with Crippen LogP contribution < -0.4 is 15.4 Å². The van der Waals surface area contributed by atoms with E-state index < -0.39 is 10.0 Å². The Hall–Kier alpha value is -1.11. The van der Waals surface area contributed by atoms with Crippen molar-refractivity contribution >= 4 is 15.7 Å². The Bertz CT molecular complexity index is 564. The van der Waals surface area contributed by atoms with Crippen LogP contribution in [0.3, 0.4) is 0 Å². The standard InChI is InChI=1S/C14H23N3O2S/c1-14(11-15)7-9-17(10-8-14)12-5-3-4-6-13(12)20(18,19)16-2/h3-6,16H,7-11,15H2,1-2H3. The number of nitrogens with zero attached hydrogens (tertiary/aromatic N) is 1. The fourth-order valence-electron chi connectivity index (χ4n) is 2.55. The summed E-state index contributed by atoms with van der Waals surface area (Å²) in [6.45, 7) is 4.55. The van der Waals surface area contributed by atoms with Crippen molar-refractivity contribution in [1.82, 2.24) is 4.72 Å². The van der Waals surface area contributed by atoms with E-state index >= 15 is 0 Å². The molecule has 2 rings (SSSR count). The monoisotopic (exact) mass is 297 g/mol. The van der Waals surface area contributed by atoms with Crippen molar-refractivity contribution in [1.29, 1.82) is 0 Å². The van der Waals surface area contributed by atoms with Crippen molar-refractivity contribution in [3.05, 3.63) is 24.3 Å². The van der Waals surface area contributed by atoms with E-state index in [-0.39, 0.29) is 5.41 Å². The molecule has 0 unspecified atom stereocenters. The summed E-state index contributed by atoms with van der Waals surface area (Å²) >= 11 is 0. The third kappa shape index (κ3) is 2.97. The minimum Gasteiger partial charge on any atom is -0.370 e. The number of rotatable bonds is 4. The second-order valence-electron chi connectivity index (χ2n) is 5.68. The molecule has 6 heteroatoms. The van der Waals surface area contributed by atoms with Gasteiger partial charge in [0.2, 0.25) is 10.0 Å². The van der Waals surface area contributed by atoms with Crippen LogP contribution in [0, 0.1) is 5.41 Å². The van der Waals surface area contributed by atoms with Gasteiger partial charge in [0, 0.05) is 13.1 Å². The Morgan fingerprint density at radius 3 is 2.45 bits per heavy atom. The molecule has 1 aromatic rings. The van der Waals surface area contributed by atoms with E-state index in [1.54, 1.807) is 12.1 Å². The predicted molar refractivity (Wildman–Crippen MR) is 81.3 cm³/mol. The van der Waals surface area contributed by atoms with Gasteiger partial charge in [0.05, 0.1) is 5.69 Å². The number of para-hydroxylation sites is 1. The third-order valence-electron chi connectivity index (χ3n) is 4.23. The Morgan fingerprint density at radius 2 is 1.90 bits per heavy atom. The van der Waals surface area contributed by atoms with Crippen LogP contribution in [0.2, 0.25) is 0 Å². The molecule has 0 aromatic heterocycles. The van der Waals surface area contributed by atoms with Crippen molar-refractivity contribution in [3.63, 3.8) is 0 Å². The maximum Gasteiger partial charge on any atom is 0.242 e. The summed E-state index contributed by atoms with van der Waals surface area (Å²) in [5.41, 5.74) is 6.77. The summed E-state index contributed by atoms with van der Waals surface area (Å²) in [7, 11) is -1.99. The molecule has 0 spiro atoms. The van der Waals surface area contributed by atoms with Crippen molar-refractivity contribution in [2.24, 2.45) is 11.1 Å². The fraction of sp³-hybridized carbons (Fsp3) is 0.571. The summed E-state index contributed by atoms with van der Waals surface area (Å²) in [6.07, 6.45) is 1.97. The molecular formula is C14H23N3O2S. The molecule has 1 fully saturated rings. The summed E-state index contributed by atoms with van der Waals surface area (Å²) in [5.74, 6) is 0. The second-order valence-corrected chi connectivity index (χ2v) is 7.53. The normalized spacial score (nSPS) is 19.1. The van der Waals surface area contributed by atoms with Gasteiger partial charge in [0.15, 0.2) is 0 Å². The summed E-state index contributed by atoms with van der Waals surface area (Å²) in [5, 5.41) is 0. The van der Waals surface area contributed by atoms with E-state index in [1.165, 1.54) is 7.05 Å². The van der Waals surface area contributed by atoms with E-state index in [9.17, 15) is 8.42 Å². The highest BCUT2D eigenvalue weighted by Gasteiger charge is 2.30. The van der Waals surface area contributed by atoms with E-state index in [4.69, 9.17) is 5.73 Å². The smallest absolute Gasteiger partial charge is 0.242 e. The quantitative estimate of drug-likeness (QED) is 0.874. The van der Waals surface area contributed by atoms with Gasteiger partial charge in [-0.25, -0.2) is 13.1 Å². The SMILES string of the molecule is CNS(=O)(=O)c1ccccc1N1CCC(C)(CN)CC1. The number of nitrogens with two attached hydrogens (primary N) is 1. The van der Waals surface area contributed by atoms with Crippen LogP contribution in [-0.4, -0.2) is 35.1 Å². The van der Waals surface area contributed by atoms with Crippen molar-refractivity contribution in [3.8, 4) is 0 Å². The molecule has 1 heterocycles. The zero-order valence-electron chi connectivity index (χ0n) is 12.1. The maximum atomic E-state index is 12.1. The number of piperidine rings is 1. The summed E-state index contributed by atoms with van der Waals surface area (Å²) in [4.78, 5) is 2.49. The lowest BCUT2D eigenvalue weighted by molar-refractivity contribution is 0.258. The number of hydrogen-bond donors (Lipinski definition) is 2. The number of nitrogens with one attached hydrogen (secondary N) is 1. The summed E-state index contributed by atoms with van der Waals surface area (Å²) in [6, 6.07) is 7.15. The molecule has 0 amide bonds. The first-order valence-corrected chi connectivity index (χ1v) is 8.38. The molecule has 112 valence electrons. The number of benzene rings is 1. The Labute approximate surface area is 121 Å². The first kappa shape index (κ1) is 15.3. The number of hydrogen-bond acceptors (Lipinski definition) is 4. The van der Waals surface area contributed by atoms with Gasteiger partial charge in [0.25, 0.3) is 0 Å². The van der Waals surface area contributed by atoms with E-state index in [1.807, 2.05) is 12.1 Å². The van der Waals surface area contributed by atoms with Crippen LogP contribution in [0.5, 0.6) is 0 Å². The minimum atomic E-state index is -3.43. The van der Waals surface area contributed by atoms with E-state index in [0.29, 0.717) is 11.4 Å². The second kappa shape index (κ2) is 5.71. The topological polar surface area (TPSA) is 75.4 Å². The number of anilines is 1. The average molecular weight is 297 g/mol. The van der Waals surface area contributed by atoms with Crippen LogP contribution >= 0.6 is 0 Å². The van der Waals surface area contributed by atoms with Crippen LogP contribution in [0.1, 0.15) is 19.8 Å². The van der Waals surface area contributed by atoms with Gasteiger partial charge in [-0.3, -0.25) is 0 Å². The Kier molecular flexibility index (Phi) is 4.36. The average Bonchev–Trinajstić information content (AvgIpc) is 2.48. The lowest BCUT2D eigenvalue weighted by Crippen LogP contribution is -2.42. The van der Waals surface area contributed by atoms with Gasteiger partial charge in [0.1, 0.15) is 4.90 Å². The molecule has 0 radical (unpaired) electrons. The molecular weight excluding hydrogens is 274 g/mol. The van der Waals surface area contributed by atoms with Gasteiger partial charge in [-0.15, -0.1) is 0 Å². The highest BCUT2D eigenvalue weighted by Crippen LogP contribution is 2.34. The molecule has 0 saturated carbocycles. The Morgan fingerprint density at radius 1 is 1.30 bits per heavy atom. The van der Waals surface area contributed by atoms with Crippen molar-refractivity contribution < 1.29 is 8.42 Å². The lowest BCUT2D eigenvalue weighted by atomic mass is 9.80. The van der Waals surface area contributed by atoms with Crippen LogP contribution in [0.4, 0.5) is 5.69 Å². The number of sulfonamides is 1. The summed E-state index contributed by atoms with van der Waals surface area (Å²) < 4.78 is 26.6. The van der Waals surface area contributed by atoms with Gasteiger partial charge >= 0.3 is 0 Å². The van der Waals surface area contributed by atoms with Crippen LogP contribution in [-0.2, 0) is 10.0 Å². The lowest BCUT2D eigenvalue weighted by Gasteiger charge is -2.40. The molecule has 1 aliphatic rings. The zero-order chi connectivity index (χ0) is 14.8. The molecule has 1 saturated heterocycles. The van der Waals surface area contributed by atoms with Crippen molar-refractivity contribution in [2.75, 3.05) is 31.6 Å². The van der Waals surface area contributed by atoms with E-state index in [2.05, 4.69) is 16.5 Å². The largest absolute Gasteiger partial charge is 0.370 e. The fourth-order valence-corrected chi connectivity index (χ4v) is 3.50. The third-order valence-corrected chi connectivity index (χ3v) is 5.69. The molecule has 1 aromatic carbocycles. The molecule has 1 aliphatic heterocycles. The molecule has 0 atom stereocenters. The van der Waals surface area contributed by atoms with Gasteiger partial charge < -0.3 is 10.6 Å². The zero-order valence-corrected chi connectivity index (χ0v) is 12.9. The van der Waals surface area contributed by atoms with Crippen LogP contribution in [0.25, 0.3) is 0 Å². The van der Waals surface area contributed by atoms with Crippen LogP contribution in [0.15, 0.2) is 29.2 Å². The van der Waals surface area contributed by atoms with Crippen molar-refractivity contribution in [2.45, 2.75) is 24.7 Å². The molecule has 0 aliphatic carbocycles. The van der Waals surface area contributed by atoms with Gasteiger partial charge in [-0.05, 0) is 44.0 Å². The highest BCUT2D eigenvalue weighted by molar-refractivity contribution is 7.89.